The van der Waals surface area contributed by atoms with Crippen LogP contribution in [0.25, 0.3) is 10.9 Å². The van der Waals surface area contributed by atoms with Gasteiger partial charge in [0.25, 0.3) is 0 Å². The number of anilines is 1. The number of aliphatic hydroxyl groups is 1. The molecule has 1 amide bonds. The average Bonchev–Trinajstić information content (AvgIpc) is 3.36. The lowest BCUT2D eigenvalue weighted by molar-refractivity contribution is -0.117. The molecule has 4 heterocycles. The molecule has 10 nitrogen and oxygen atoms in total. The molecule has 0 atom stereocenters. The summed E-state index contributed by atoms with van der Waals surface area (Å²) in [7, 11) is 0. The number of pyridine rings is 2. The van der Waals surface area contributed by atoms with Crippen LogP contribution in [0.5, 0.6) is 0 Å². The topological polar surface area (TPSA) is 128 Å². The first kappa shape index (κ1) is 18.4. The molecule has 4 aromatic heterocycles. The molecule has 146 valence electrons. The molecule has 0 bridgehead atoms. The Morgan fingerprint density at radius 3 is 2.72 bits per heavy atom. The number of rotatable bonds is 7. The van der Waals surface area contributed by atoms with Crippen molar-refractivity contribution in [2.45, 2.75) is 13.1 Å². The molecule has 2 N–H and O–H groups in total. The second-order valence-electron chi connectivity index (χ2n) is 6.22. The van der Waals surface area contributed by atoms with Crippen molar-refractivity contribution in [3.63, 3.8) is 0 Å². The first-order chi connectivity index (χ1) is 14.2. The van der Waals surface area contributed by atoms with Crippen molar-refractivity contribution in [2.24, 2.45) is 0 Å². The van der Waals surface area contributed by atoms with Crippen LogP contribution in [0.4, 0.5) is 5.82 Å². The molecule has 29 heavy (non-hydrogen) atoms. The van der Waals surface area contributed by atoms with Crippen LogP contribution in [-0.4, -0.2) is 52.9 Å². The van der Waals surface area contributed by atoms with Gasteiger partial charge in [0.2, 0.25) is 5.91 Å². The Morgan fingerprint density at radius 1 is 1.10 bits per heavy atom. The number of aromatic nitrogens is 6. The van der Waals surface area contributed by atoms with E-state index < -0.39 is 0 Å². The SMILES string of the molecule is O=C(Cn1nccn1)Nc1cc(C(=O)c2cn(CCO)c3ccncc23)ccn1. The molecule has 0 saturated heterocycles. The molecule has 0 aromatic carbocycles. The molecule has 0 aliphatic rings. The molecular formula is C19H17N7O3. The highest BCUT2D eigenvalue weighted by molar-refractivity contribution is 6.16. The van der Waals surface area contributed by atoms with Gasteiger partial charge in [0.1, 0.15) is 12.4 Å². The summed E-state index contributed by atoms with van der Waals surface area (Å²) in [6.07, 6.45) is 9.38. The molecule has 10 heteroatoms. The molecule has 4 aromatic rings. The van der Waals surface area contributed by atoms with Crippen molar-refractivity contribution in [2.75, 3.05) is 11.9 Å². The Morgan fingerprint density at radius 2 is 1.93 bits per heavy atom. The van der Waals surface area contributed by atoms with E-state index in [0.29, 0.717) is 23.1 Å². The predicted molar refractivity (Wildman–Crippen MR) is 103 cm³/mol. The first-order valence-electron chi connectivity index (χ1n) is 8.84. The van der Waals surface area contributed by atoms with Crippen LogP contribution in [0.1, 0.15) is 15.9 Å². The molecule has 4 rings (SSSR count). The van der Waals surface area contributed by atoms with Crippen molar-refractivity contribution >= 4 is 28.4 Å². The maximum atomic E-state index is 13.1. The highest BCUT2D eigenvalue weighted by Gasteiger charge is 2.18. The predicted octanol–water partition coefficient (Wildman–Crippen LogP) is 0.885. The molecular weight excluding hydrogens is 374 g/mol. The van der Waals surface area contributed by atoms with Gasteiger partial charge in [-0.2, -0.15) is 15.0 Å². The number of hydrogen-bond donors (Lipinski definition) is 2. The van der Waals surface area contributed by atoms with Gasteiger partial charge in [0, 0.05) is 47.8 Å². The van der Waals surface area contributed by atoms with Gasteiger partial charge in [0.05, 0.1) is 24.5 Å². The highest BCUT2D eigenvalue weighted by atomic mass is 16.3. The minimum Gasteiger partial charge on any atom is -0.395 e. The smallest absolute Gasteiger partial charge is 0.249 e. The molecule has 0 radical (unpaired) electrons. The standard InChI is InChI=1S/C19H17N7O3/c27-8-7-25-11-15(14-10-20-3-2-16(14)25)19(29)13-1-4-21-17(9-13)24-18(28)12-26-22-5-6-23-26/h1-6,9-11,27H,7-8,12H2,(H,21,24,28). The maximum Gasteiger partial charge on any atom is 0.249 e. The van der Waals surface area contributed by atoms with Crippen LogP contribution in [0, 0.1) is 0 Å². The van der Waals surface area contributed by atoms with E-state index in [1.54, 1.807) is 30.7 Å². The van der Waals surface area contributed by atoms with E-state index in [-0.39, 0.29) is 30.7 Å². The van der Waals surface area contributed by atoms with E-state index >= 15 is 0 Å². The van der Waals surface area contributed by atoms with Gasteiger partial charge in [-0.25, -0.2) is 4.98 Å². The van der Waals surface area contributed by atoms with Gasteiger partial charge in [-0.1, -0.05) is 0 Å². The minimum absolute atomic E-state index is 0.0454. The molecule has 0 aliphatic carbocycles. The number of carbonyl (C=O) groups excluding carboxylic acids is 2. The van der Waals surface area contributed by atoms with E-state index in [1.807, 2.05) is 4.57 Å². The largest absolute Gasteiger partial charge is 0.395 e. The van der Waals surface area contributed by atoms with Crippen molar-refractivity contribution in [1.29, 1.82) is 0 Å². The van der Waals surface area contributed by atoms with Crippen molar-refractivity contribution in [1.82, 2.24) is 29.5 Å². The third-order valence-electron chi connectivity index (χ3n) is 4.31. The molecule has 0 aliphatic heterocycles. The quantitative estimate of drug-likeness (QED) is 0.448. The van der Waals surface area contributed by atoms with Crippen LogP contribution in [0.2, 0.25) is 0 Å². The Balaban J connectivity index is 1.59. The average molecular weight is 391 g/mol. The summed E-state index contributed by atoms with van der Waals surface area (Å²) in [5.74, 6) is -0.335. The first-order valence-corrected chi connectivity index (χ1v) is 8.84. The van der Waals surface area contributed by atoms with Gasteiger partial charge >= 0.3 is 0 Å². The van der Waals surface area contributed by atoms with Crippen LogP contribution < -0.4 is 5.32 Å². The van der Waals surface area contributed by atoms with E-state index in [1.165, 1.54) is 29.5 Å². The fourth-order valence-electron chi connectivity index (χ4n) is 3.05. The van der Waals surface area contributed by atoms with Gasteiger partial charge < -0.3 is 15.0 Å². The lowest BCUT2D eigenvalue weighted by Crippen LogP contribution is -2.21. The van der Waals surface area contributed by atoms with Crippen LogP contribution in [0.15, 0.2) is 55.4 Å². The summed E-state index contributed by atoms with van der Waals surface area (Å²) in [5, 5.41) is 20.4. The van der Waals surface area contributed by atoms with Crippen LogP contribution in [-0.2, 0) is 17.9 Å². The molecule has 0 unspecified atom stereocenters. The van der Waals surface area contributed by atoms with E-state index in [2.05, 4.69) is 25.5 Å². The van der Waals surface area contributed by atoms with Gasteiger partial charge in [0.15, 0.2) is 5.78 Å². The second kappa shape index (κ2) is 7.98. The van der Waals surface area contributed by atoms with Crippen molar-refractivity contribution < 1.29 is 14.7 Å². The zero-order valence-corrected chi connectivity index (χ0v) is 15.3. The number of nitrogens with zero attached hydrogens (tertiary/aromatic N) is 6. The lowest BCUT2D eigenvalue weighted by Gasteiger charge is -2.06. The number of amides is 1. The summed E-state index contributed by atoms with van der Waals surface area (Å²) in [6, 6.07) is 4.89. The van der Waals surface area contributed by atoms with Gasteiger partial charge in [-0.05, 0) is 18.2 Å². The fraction of sp³-hybridized carbons (Fsp3) is 0.158. The number of fused-ring (bicyclic) bond motifs is 1. The molecule has 0 spiro atoms. The van der Waals surface area contributed by atoms with E-state index in [9.17, 15) is 14.7 Å². The molecule has 0 fully saturated rings. The summed E-state index contributed by atoms with van der Waals surface area (Å²) in [5.41, 5.74) is 1.65. The van der Waals surface area contributed by atoms with Crippen LogP contribution >= 0.6 is 0 Å². The number of aliphatic hydroxyl groups excluding tert-OH is 1. The second-order valence-corrected chi connectivity index (χ2v) is 6.22. The summed E-state index contributed by atoms with van der Waals surface area (Å²) in [6.45, 7) is 0.260. The summed E-state index contributed by atoms with van der Waals surface area (Å²) < 4.78 is 1.81. The zero-order valence-electron chi connectivity index (χ0n) is 15.3. The van der Waals surface area contributed by atoms with E-state index in [0.717, 1.165) is 5.52 Å². The normalized spacial score (nSPS) is 10.9. The Kier molecular flexibility index (Phi) is 5.08. The minimum atomic E-state index is -0.359. The molecule has 0 saturated carbocycles. The Bertz CT molecular complexity index is 1170. The maximum absolute atomic E-state index is 13.1. The third kappa shape index (κ3) is 3.87. The zero-order chi connectivity index (χ0) is 20.2. The van der Waals surface area contributed by atoms with Gasteiger partial charge in [-0.15, -0.1) is 0 Å². The van der Waals surface area contributed by atoms with Crippen molar-refractivity contribution in [3.05, 3.63) is 66.5 Å². The Hall–Kier alpha value is -3.92. The van der Waals surface area contributed by atoms with E-state index in [4.69, 9.17) is 0 Å². The van der Waals surface area contributed by atoms with Crippen molar-refractivity contribution in [3.8, 4) is 0 Å². The number of hydrogen-bond acceptors (Lipinski definition) is 7. The fourth-order valence-corrected chi connectivity index (χ4v) is 3.05. The Labute approximate surface area is 164 Å². The number of ketones is 1. The number of carbonyl (C=O) groups is 2. The van der Waals surface area contributed by atoms with Crippen LogP contribution in [0.3, 0.4) is 0 Å². The summed E-state index contributed by atoms with van der Waals surface area (Å²) in [4.78, 5) is 34.7. The summed E-state index contributed by atoms with van der Waals surface area (Å²) >= 11 is 0. The number of nitrogens with one attached hydrogen (secondary N) is 1. The van der Waals surface area contributed by atoms with Gasteiger partial charge in [-0.3, -0.25) is 14.6 Å². The monoisotopic (exact) mass is 391 g/mol. The third-order valence-corrected chi connectivity index (χ3v) is 4.31. The lowest BCUT2D eigenvalue weighted by atomic mass is 10.0. The highest BCUT2D eigenvalue weighted by Crippen LogP contribution is 2.23.